The Kier molecular flexibility index (Phi) is 3.91. The maximum atomic E-state index is 11.3. The first-order valence-electron chi connectivity index (χ1n) is 5.69. The van der Waals surface area contributed by atoms with Crippen molar-refractivity contribution in [2.75, 3.05) is 7.11 Å². The average Bonchev–Trinajstić information content (AvgIpc) is 2.83. The van der Waals surface area contributed by atoms with Crippen LogP contribution in [-0.4, -0.2) is 30.2 Å². The molecule has 0 bridgehead atoms. The number of nitrogens with zero attached hydrogens (tertiary/aromatic N) is 3. The lowest BCUT2D eigenvalue weighted by Crippen LogP contribution is -2.13. The van der Waals surface area contributed by atoms with Crippen molar-refractivity contribution in [2.24, 2.45) is 5.14 Å². The summed E-state index contributed by atoms with van der Waals surface area (Å²) in [5.41, 5.74) is 0.693. The molecule has 1 aromatic carbocycles. The van der Waals surface area contributed by atoms with Crippen molar-refractivity contribution in [3.63, 3.8) is 0 Å². The minimum atomic E-state index is -4.22. The Morgan fingerprint density at radius 1 is 1.43 bits per heavy atom. The summed E-state index contributed by atoms with van der Waals surface area (Å²) in [7, 11) is -2.74. The summed E-state index contributed by atoms with van der Waals surface area (Å²) in [5.74, 6) is -0.236. The zero-order chi connectivity index (χ0) is 15.6. The molecular weight excluding hydrogens is 300 g/mol. The van der Waals surface area contributed by atoms with E-state index in [0.717, 1.165) is 10.9 Å². The number of nitrogens with two attached hydrogens (primary N) is 1. The summed E-state index contributed by atoms with van der Waals surface area (Å²) >= 11 is 0. The molecule has 2 N–H and O–H groups in total. The molecule has 0 saturated heterocycles. The highest BCUT2D eigenvalue weighted by Crippen LogP contribution is 2.23. The number of methoxy groups -OCH3 is 1. The Bertz CT molecular complexity index is 784. The number of nitro groups is 1. The number of primary sulfonamides is 1. The van der Waals surface area contributed by atoms with Crippen LogP contribution in [0.4, 0.5) is 5.82 Å². The molecule has 0 unspecified atom stereocenters. The summed E-state index contributed by atoms with van der Waals surface area (Å²) in [6, 6.07) is 6.98. The third-order valence-electron chi connectivity index (χ3n) is 2.71. The summed E-state index contributed by atoms with van der Waals surface area (Å²) in [4.78, 5) is 9.33. The third kappa shape index (κ3) is 3.17. The minimum Gasteiger partial charge on any atom is -0.496 e. The summed E-state index contributed by atoms with van der Waals surface area (Å²) in [6.45, 7) is 0.111. The van der Waals surface area contributed by atoms with E-state index in [4.69, 9.17) is 9.88 Å². The summed E-state index contributed by atoms with van der Waals surface area (Å²) < 4.78 is 29.0. The molecule has 0 amide bonds. The summed E-state index contributed by atoms with van der Waals surface area (Å²) in [6.07, 6.45) is 1.03. The second-order valence-corrected chi connectivity index (χ2v) is 5.66. The molecule has 112 valence electrons. The zero-order valence-electron chi connectivity index (χ0n) is 11.0. The smallest absolute Gasteiger partial charge is 0.410 e. The van der Waals surface area contributed by atoms with Crippen LogP contribution in [0.1, 0.15) is 5.56 Å². The van der Waals surface area contributed by atoms with Gasteiger partial charge in [-0.05, 0) is 11.0 Å². The van der Waals surface area contributed by atoms with Gasteiger partial charge in [0, 0.05) is 5.56 Å². The zero-order valence-corrected chi connectivity index (χ0v) is 11.8. The van der Waals surface area contributed by atoms with Gasteiger partial charge in [0.15, 0.2) is 0 Å². The molecular formula is C11H12N4O5S. The number of hydrogen-bond acceptors (Lipinski definition) is 6. The molecule has 9 nitrogen and oxygen atoms in total. The van der Waals surface area contributed by atoms with Crippen molar-refractivity contribution in [1.29, 1.82) is 0 Å². The van der Waals surface area contributed by atoms with Crippen molar-refractivity contribution < 1.29 is 18.1 Å². The first-order chi connectivity index (χ1) is 9.82. The Morgan fingerprint density at radius 2 is 2.10 bits per heavy atom. The van der Waals surface area contributed by atoms with Crippen LogP contribution in [0.15, 0.2) is 35.4 Å². The van der Waals surface area contributed by atoms with E-state index in [-0.39, 0.29) is 6.54 Å². The maximum Gasteiger partial charge on any atom is 0.410 e. The number of ether oxygens (including phenoxy) is 1. The molecule has 1 heterocycles. The van der Waals surface area contributed by atoms with E-state index in [1.807, 2.05) is 0 Å². The molecule has 0 radical (unpaired) electrons. The van der Waals surface area contributed by atoms with Gasteiger partial charge in [-0.3, -0.25) is 0 Å². The Hall–Kier alpha value is -2.46. The Labute approximate surface area is 120 Å². The molecule has 1 aromatic heterocycles. The molecule has 0 spiro atoms. The van der Waals surface area contributed by atoms with Crippen molar-refractivity contribution in [3.8, 4) is 5.75 Å². The van der Waals surface area contributed by atoms with Gasteiger partial charge in [0.25, 0.3) is 0 Å². The van der Waals surface area contributed by atoms with Gasteiger partial charge in [0.05, 0.1) is 25.0 Å². The van der Waals surface area contributed by atoms with Crippen molar-refractivity contribution >= 4 is 15.8 Å². The van der Waals surface area contributed by atoms with E-state index < -0.39 is 25.7 Å². The van der Waals surface area contributed by atoms with Crippen LogP contribution in [0.3, 0.4) is 0 Å². The maximum absolute atomic E-state index is 11.3. The number of rotatable bonds is 5. The number of sulfonamides is 1. The van der Waals surface area contributed by atoms with E-state index in [2.05, 4.69) is 5.10 Å². The largest absolute Gasteiger partial charge is 0.496 e. The number of aromatic nitrogens is 2. The SMILES string of the molecule is COc1ccccc1Cn1cc(S(N)(=O)=O)c([N+](=O)[O-])n1. The van der Waals surface area contributed by atoms with Gasteiger partial charge >= 0.3 is 5.82 Å². The highest BCUT2D eigenvalue weighted by atomic mass is 32.2. The predicted octanol–water partition coefficient (Wildman–Crippen LogP) is 0.496. The Morgan fingerprint density at radius 3 is 2.62 bits per heavy atom. The first-order valence-corrected chi connectivity index (χ1v) is 7.24. The van der Waals surface area contributed by atoms with Crippen molar-refractivity contribution in [3.05, 3.63) is 46.1 Å². The molecule has 0 aliphatic rings. The molecule has 0 aliphatic carbocycles. The first kappa shape index (κ1) is 14.9. The lowest BCUT2D eigenvalue weighted by Gasteiger charge is -2.05. The van der Waals surface area contributed by atoms with Crippen LogP contribution < -0.4 is 9.88 Å². The highest BCUT2D eigenvalue weighted by molar-refractivity contribution is 7.89. The standard InChI is InChI=1S/C11H12N4O5S/c1-20-9-5-3-2-4-8(9)6-14-7-10(21(12,18)19)11(13-14)15(16)17/h2-5,7H,6H2,1H3,(H2,12,18,19). The van der Waals surface area contributed by atoms with Crippen molar-refractivity contribution in [2.45, 2.75) is 11.4 Å². The fourth-order valence-corrected chi connectivity index (χ4v) is 2.45. The van der Waals surface area contributed by atoms with Crippen LogP contribution in [0.25, 0.3) is 0 Å². The van der Waals surface area contributed by atoms with Gasteiger partial charge in [-0.2, -0.15) is 4.68 Å². The Balaban J connectivity index is 2.45. The van der Waals surface area contributed by atoms with E-state index >= 15 is 0 Å². The fraction of sp³-hybridized carbons (Fsp3) is 0.182. The molecule has 0 fully saturated rings. The molecule has 2 aromatic rings. The van der Waals surface area contributed by atoms with Gasteiger partial charge in [0.2, 0.25) is 14.9 Å². The van der Waals surface area contributed by atoms with E-state index in [9.17, 15) is 18.5 Å². The van der Waals surface area contributed by atoms with E-state index in [1.165, 1.54) is 7.11 Å². The summed E-state index contributed by atoms with van der Waals surface area (Å²) in [5, 5.41) is 19.4. The van der Waals surface area contributed by atoms with Gasteiger partial charge in [-0.15, -0.1) is 0 Å². The van der Waals surface area contributed by atoms with Crippen LogP contribution in [-0.2, 0) is 16.6 Å². The highest BCUT2D eigenvalue weighted by Gasteiger charge is 2.29. The van der Waals surface area contributed by atoms with E-state index in [1.54, 1.807) is 24.3 Å². The van der Waals surface area contributed by atoms with E-state index in [0.29, 0.717) is 11.3 Å². The third-order valence-corrected chi connectivity index (χ3v) is 3.62. The second kappa shape index (κ2) is 5.50. The lowest BCUT2D eigenvalue weighted by molar-refractivity contribution is -0.392. The number of benzene rings is 1. The van der Waals surface area contributed by atoms with Crippen LogP contribution in [0.2, 0.25) is 0 Å². The number of hydrogen-bond donors (Lipinski definition) is 1. The van der Waals surface area contributed by atoms with Crippen LogP contribution in [0.5, 0.6) is 5.75 Å². The molecule has 21 heavy (non-hydrogen) atoms. The normalized spacial score (nSPS) is 11.3. The topological polar surface area (TPSA) is 130 Å². The molecule has 0 saturated carbocycles. The van der Waals surface area contributed by atoms with Gasteiger partial charge in [-0.25, -0.2) is 13.6 Å². The second-order valence-electron chi connectivity index (χ2n) is 4.13. The molecule has 0 atom stereocenters. The molecule has 2 rings (SSSR count). The van der Waals surface area contributed by atoms with Crippen molar-refractivity contribution in [1.82, 2.24) is 9.78 Å². The minimum absolute atomic E-state index is 0.111. The van der Waals surface area contributed by atoms with Crippen LogP contribution in [0, 0.1) is 10.1 Å². The number of para-hydroxylation sites is 1. The lowest BCUT2D eigenvalue weighted by atomic mass is 10.2. The molecule has 10 heteroatoms. The van der Waals surface area contributed by atoms with Crippen LogP contribution >= 0.6 is 0 Å². The fourth-order valence-electron chi connectivity index (χ4n) is 1.81. The predicted molar refractivity (Wildman–Crippen MR) is 72.4 cm³/mol. The average molecular weight is 312 g/mol. The van der Waals surface area contributed by atoms with Gasteiger partial charge in [-0.1, -0.05) is 18.2 Å². The quantitative estimate of drug-likeness (QED) is 0.631. The monoisotopic (exact) mass is 312 g/mol. The molecule has 0 aliphatic heterocycles. The van der Waals surface area contributed by atoms with Gasteiger partial charge < -0.3 is 14.9 Å². The van der Waals surface area contributed by atoms with Gasteiger partial charge in [0.1, 0.15) is 5.75 Å².